The van der Waals surface area contributed by atoms with E-state index in [4.69, 9.17) is 21.1 Å². The Morgan fingerprint density at radius 3 is 2.11 bits per heavy atom. The number of hydrogen-bond acceptors (Lipinski definition) is 4. The first-order valence-corrected chi connectivity index (χ1v) is 6.05. The Labute approximate surface area is 117 Å². The molecule has 4 nitrogen and oxygen atoms in total. The largest absolute Gasteiger partial charge is 0.421 e. The number of halogens is 1. The first-order chi connectivity index (χ1) is 8.90. The second-order valence-electron chi connectivity index (χ2n) is 3.96. The molecule has 19 heavy (non-hydrogen) atoms. The molecular formula is C14H15ClO4. The van der Waals surface area contributed by atoms with Gasteiger partial charge in [-0.1, -0.05) is 29.8 Å². The van der Waals surface area contributed by atoms with Gasteiger partial charge in [0.05, 0.1) is 0 Å². The summed E-state index contributed by atoms with van der Waals surface area (Å²) in [4.78, 5) is 22.0. The lowest BCUT2D eigenvalue weighted by atomic mass is 10.1. The number of carbonyl (C=O) groups excluding carboxylic acids is 2. The Balaban J connectivity index is 2.98. The van der Waals surface area contributed by atoms with E-state index < -0.39 is 18.2 Å². The monoisotopic (exact) mass is 282 g/mol. The van der Waals surface area contributed by atoms with Gasteiger partial charge in [-0.05, 0) is 24.6 Å². The fourth-order valence-electron chi connectivity index (χ4n) is 1.42. The molecule has 0 saturated carbocycles. The highest BCUT2D eigenvalue weighted by molar-refractivity contribution is 6.32. The molecule has 0 N–H and O–H groups in total. The lowest BCUT2D eigenvalue weighted by Crippen LogP contribution is -2.23. The molecular weight excluding hydrogens is 268 g/mol. The number of carbonyl (C=O) groups is 2. The van der Waals surface area contributed by atoms with Crippen LogP contribution in [-0.4, -0.2) is 18.2 Å². The number of rotatable bonds is 4. The van der Waals surface area contributed by atoms with Crippen LogP contribution in [0.4, 0.5) is 0 Å². The molecule has 0 amide bonds. The lowest BCUT2D eigenvalue weighted by molar-refractivity contribution is -0.177. The SMILES string of the molecule is CC(=O)OC(OC(C)=O)/C(C)=C/c1ccccc1Cl. The predicted octanol–water partition coefficient (Wildman–Crippen LogP) is 3.20. The van der Waals surface area contributed by atoms with E-state index in [1.54, 1.807) is 19.1 Å². The Morgan fingerprint density at radius 1 is 1.11 bits per heavy atom. The van der Waals surface area contributed by atoms with Gasteiger partial charge in [-0.15, -0.1) is 0 Å². The highest BCUT2D eigenvalue weighted by Crippen LogP contribution is 2.20. The summed E-state index contributed by atoms with van der Waals surface area (Å²) in [5.74, 6) is -1.06. The zero-order valence-corrected chi connectivity index (χ0v) is 11.7. The van der Waals surface area contributed by atoms with Gasteiger partial charge in [0.15, 0.2) is 0 Å². The Bertz CT molecular complexity index is 492. The first-order valence-electron chi connectivity index (χ1n) is 5.67. The highest BCUT2D eigenvalue weighted by atomic mass is 35.5. The van der Waals surface area contributed by atoms with Crippen molar-refractivity contribution < 1.29 is 19.1 Å². The average molecular weight is 283 g/mol. The molecule has 1 rings (SSSR count). The van der Waals surface area contributed by atoms with Gasteiger partial charge in [0.1, 0.15) is 0 Å². The van der Waals surface area contributed by atoms with Crippen LogP contribution in [0.1, 0.15) is 26.3 Å². The molecule has 102 valence electrons. The van der Waals surface area contributed by atoms with Crippen LogP contribution < -0.4 is 0 Å². The number of hydrogen-bond donors (Lipinski definition) is 0. The Hall–Kier alpha value is -1.81. The van der Waals surface area contributed by atoms with E-state index in [2.05, 4.69) is 0 Å². The lowest BCUT2D eigenvalue weighted by Gasteiger charge is -2.17. The van der Waals surface area contributed by atoms with Gasteiger partial charge in [0, 0.05) is 24.4 Å². The second kappa shape index (κ2) is 6.95. The number of ether oxygens (including phenoxy) is 2. The fourth-order valence-corrected chi connectivity index (χ4v) is 1.61. The van der Waals surface area contributed by atoms with E-state index in [1.165, 1.54) is 13.8 Å². The van der Waals surface area contributed by atoms with Crippen molar-refractivity contribution in [3.05, 3.63) is 40.4 Å². The summed E-state index contributed by atoms with van der Waals surface area (Å²) in [7, 11) is 0. The summed E-state index contributed by atoms with van der Waals surface area (Å²) in [6.45, 7) is 4.19. The molecule has 0 aliphatic rings. The molecule has 1 aromatic rings. The van der Waals surface area contributed by atoms with Crippen molar-refractivity contribution in [3.8, 4) is 0 Å². The zero-order valence-electron chi connectivity index (χ0n) is 11.0. The van der Waals surface area contributed by atoms with E-state index in [0.29, 0.717) is 10.6 Å². The van der Waals surface area contributed by atoms with E-state index in [-0.39, 0.29) is 0 Å². The highest BCUT2D eigenvalue weighted by Gasteiger charge is 2.17. The predicted molar refractivity (Wildman–Crippen MR) is 72.4 cm³/mol. The summed E-state index contributed by atoms with van der Waals surface area (Å²) in [6.07, 6.45) is 0.671. The maximum Gasteiger partial charge on any atom is 0.305 e. The van der Waals surface area contributed by atoms with Crippen molar-refractivity contribution in [1.29, 1.82) is 0 Å². The topological polar surface area (TPSA) is 52.6 Å². The van der Waals surface area contributed by atoms with Crippen molar-refractivity contribution in [2.24, 2.45) is 0 Å². The molecule has 0 fully saturated rings. The molecule has 0 radical (unpaired) electrons. The van der Waals surface area contributed by atoms with Crippen LogP contribution in [0.15, 0.2) is 29.8 Å². The Kier molecular flexibility index (Phi) is 5.57. The fraction of sp³-hybridized carbons (Fsp3) is 0.286. The molecule has 0 aromatic heterocycles. The second-order valence-corrected chi connectivity index (χ2v) is 4.37. The molecule has 0 aliphatic heterocycles. The molecule has 0 aliphatic carbocycles. The third kappa shape index (κ3) is 5.14. The summed E-state index contributed by atoms with van der Waals surface area (Å²) in [5.41, 5.74) is 1.32. The van der Waals surface area contributed by atoms with Crippen molar-refractivity contribution >= 4 is 29.6 Å². The van der Waals surface area contributed by atoms with Crippen molar-refractivity contribution in [2.45, 2.75) is 27.1 Å². The van der Waals surface area contributed by atoms with Gasteiger partial charge in [-0.3, -0.25) is 9.59 Å². The van der Waals surface area contributed by atoms with Crippen LogP contribution >= 0.6 is 11.6 Å². The average Bonchev–Trinajstić information content (AvgIpc) is 2.30. The molecule has 5 heteroatoms. The first kappa shape index (κ1) is 15.2. The van der Waals surface area contributed by atoms with Crippen LogP contribution in [0.5, 0.6) is 0 Å². The molecule has 0 unspecified atom stereocenters. The zero-order chi connectivity index (χ0) is 14.4. The molecule has 0 atom stereocenters. The van der Waals surface area contributed by atoms with Gasteiger partial charge in [-0.2, -0.15) is 0 Å². The van der Waals surface area contributed by atoms with Gasteiger partial charge in [-0.25, -0.2) is 0 Å². The third-order valence-corrected chi connectivity index (χ3v) is 2.55. The maximum absolute atomic E-state index is 11.0. The van der Waals surface area contributed by atoms with Crippen molar-refractivity contribution in [2.75, 3.05) is 0 Å². The molecule has 1 aromatic carbocycles. The van der Waals surface area contributed by atoms with Gasteiger partial charge in [0.2, 0.25) is 0 Å². The summed E-state index contributed by atoms with van der Waals surface area (Å²) in [6, 6.07) is 7.19. The van der Waals surface area contributed by atoms with Gasteiger partial charge < -0.3 is 9.47 Å². The summed E-state index contributed by atoms with van der Waals surface area (Å²) in [5, 5.41) is 0.561. The van der Waals surface area contributed by atoms with Crippen molar-refractivity contribution in [3.63, 3.8) is 0 Å². The molecule has 0 bridgehead atoms. The number of esters is 2. The van der Waals surface area contributed by atoms with E-state index >= 15 is 0 Å². The van der Waals surface area contributed by atoms with Crippen LogP contribution in [0.2, 0.25) is 5.02 Å². The van der Waals surface area contributed by atoms with E-state index in [1.807, 2.05) is 18.2 Å². The summed E-state index contributed by atoms with van der Waals surface area (Å²) >= 11 is 6.02. The van der Waals surface area contributed by atoms with Gasteiger partial charge >= 0.3 is 11.9 Å². The standard InChI is InChI=1S/C14H15ClO4/c1-9(8-12-6-4-5-7-13(12)15)14(18-10(2)16)19-11(3)17/h4-8,14H,1-3H3/b9-8+. The van der Waals surface area contributed by atoms with E-state index in [0.717, 1.165) is 5.56 Å². The quantitative estimate of drug-likeness (QED) is 0.629. The van der Waals surface area contributed by atoms with Crippen LogP contribution in [0.3, 0.4) is 0 Å². The van der Waals surface area contributed by atoms with Crippen molar-refractivity contribution in [1.82, 2.24) is 0 Å². The minimum absolute atomic E-state index is 0.529. The van der Waals surface area contributed by atoms with E-state index in [9.17, 15) is 9.59 Å². The Morgan fingerprint density at radius 2 is 1.63 bits per heavy atom. The molecule has 0 spiro atoms. The molecule has 0 heterocycles. The molecule has 0 saturated heterocycles. The van der Waals surface area contributed by atoms with Crippen LogP contribution in [0, 0.1) is 0 Å². The normalized spacial score (nSPS) is 11.3. The summed E-state index contributed by atoms with van der Waals surface area (Å²) < 4.78 is 9.88. The number of benzene rings is 1. The third-order valence-electron chi connectivity index (χ3n) is 2.21. The smallest absolute Gasteiger partial charge is 0.305 e. The van der Waals surface area contributed by atoms with Gasteiger partial charge in [0.25, 0.3) is 6.29 Å². The van der Waals surface area contributed by atoms with Crippen LogP contribution in [-0.2, 0) is 19.1 Å². The minimum atomic E-state index is -1.04. The minimum Gasteiger partial charge on any atom is -0.421 e. The van der Waals surface area contributed by atoms with Crippen LogP contribution in [0.25, 0.3) is 6.08 Å². The maximum atomic E-state index is 11.0.